The Hall–Kier alpha value is -0.570. The van der Waals surface area contributed by atoms with Gasteiger partial charge < -0.3 is 31.3 Å². The van der Waals surface area contributed by atoms with E-state index in [2.05, 4.69) is 0 Å². The molecule has 0 saturated heterocycles. The van der Waals surface area contributed by atoms with Gasteiger partial charge in [0.2, 0.25) is 0 Å². The van der Waals surface area contributed by atoms with Gasteiger partial charge >= 0.3 is 0 Å². The molecule has 0 aliphatic rings. The fraction of sp³-hybridized carbons (Fsp3) is 0.857. The third-order valence-electron chi connectivity index (χ3n) is 1.95. The lowest BCUT2D eigenvalue weighted by atomic mass is 9.92. The molecule has 14 heavy (non-hydrogen) atoms. The van der Waals surface area contributed by atoms with Crippen LogP contribution in [0.15, 0.2) is 0 Å². The maximum absolute atomic E-state index is 10.4. The SMILES string of the molecule is NC[C@@](O)(C=O)[C@@H](O)[C@H](O)[C@H](O)CO. The van der Waals surface area contributed by atoms with Crippen LogP contribution in [0, 0.1) is 0 Å². The molecule has 0 heterocycles. The molecule has 0 saturated carbocycles. The van der Waals surface area contributed by atoms with Gasteiger partial charge in [-0.3, -0.25) is 4.79 Å². The summed E-state index contributed by atoms with van der Waals surface area (Å²) in [5.74, 6) is 0. The lowest BCUT2D eigenvalue weighted by Crippen LogP contribution is -2.58. The van der Waals surface area contributed by atoms with E-state index in [0.29, 0.717) is 0 Å². The second kappa shape index (κ2) is 5.35. The van der Waals surface area contributed by atoms with Crippen molar-refractivity contribution in [2.75, 3.05) is 13.2 Å². The Kier molecular flexibility index (Phi) is 5.13. The Morgan fingerprint density at radius 1 is 1.36 bits per heavy atom. The summed E-state index contributed by atoms with van der Waals surface area (Å²) < 4.78 is 0. The summed E-state index contributed by atoms with van der Waals surface area (Å²) in [5.41, 5.74) is 2.68. The number of hydrogen-bond donors (Lipinski definition) is 6. The minimum absolute atomic E-state index is 0.0228. The lowest BCUT2D eigenvalue weighted by Gasteiger charge is -2.31. The van der Waals surface area contributed by atoms with Crippen LogP contribution in [0.5, 0.6) is 0 Å². The van der Waals surface area contributed by atoms with E-state index in [-0.39, 0.29) is 6.29 Å². The smallest absolute Gasteiger partial charge is 0.160 e. The lowest BCUT2D eigenvalue weighted by molar-refractivity contribution is -0.161. The van der Waals surface area contributed by atoms with Crippen molar-refractivity contribution in [2.45, 2.75) is 23.9 Å². The van der Waals surface area contributed by atoms with Gasteiger partial charge in [-0.15, -0.1) is 0 Å². The first kappa shape index (κ1) is 13.4. The quantitative estimate of drug-likeness (QED) is 0.244. The Morgan fingerprint density at radius 2 is 1.86 bits per heavy atom. The Balaban J connectivity index is 4.57. The summed E-state index contributed by atoms with van der Waals surface area (Å²) in [5, 5.41) is 45.1. The molecule has 0 fully saturated rings. The molecular weight excluding hydrogens is 194 g/mol. The fourth-order valence-corrected chi connectivity index (χ4v) is 0.853. The van der Waals surface area contributed by atoms with Crippen molar-refractivity contribution in [1.29, 1.82) is 0 Å². The molecule has 4 atom stereocenters. The van der Waals surface area contributed by atoms with E-state index < -0.39 is 37.1 Å². The summed E-state index contributed by atoms with van der Waals surface area (Å²) in [6, 6.07) is 0. The zero-order valence-electron chi connectivity index (χ0n) is 7.45. The number of aldehydes is 1. The first-order valence-electron chi connectivity index (χ1n) is 3.96. The first-order valence-corrected chi connectivity index (χ1v) is 3.96. The van der Waals surface area contributed by atoms with Crippen LogP contribution in [-0.4, -0.2) is 68.9 Å². The maximum Gasteiger partial charge on any atom is 0.160 e. The first-order chi connectivity index (χ1) is 6.42. The largest absolute Gasteiger partial charge is 0.394 e. The topological polar surface area (TPSA) is 144 Å². The highest BCUT2D eigenvalue weighted by Crippen LogP contribution is 2.12. The van der Waals surface area contributed by atoms with E-state index in [1.165, 1.54) is 0 Å². The monoisotopic (exact) mass is 209 g/mol. The number of carbonyl (C=O) groups excluding carboxylic acids is 1. The van der Waals surface area contributed by atoms with Crippen LogP contribution in [0.2, 0.25) is 0 Å². The highest BCUT2D eigenvalue weighted by Gasteiger charge is 2.41. The second-order valence-corrected chi connectivity index (χ2v) is 3.00. The molecule has 84 valence electrons. The van der Waals surface area contributed by atoms with Gasteiger partial charge in [0, 0.05) is 6.54 Å². The van der Waals surface area contributed by atoms with Gasteiger partial charge in [0.25, 0.3) is 0 Å². The molecule has 0 rings (SSSR count). The molecule has 0 unspecified atom stereocenters. The van der Waals surface area contributed by atoms with Gasteiger partial charge in [-0.25, -0.2) is 0 Å². The van der Waals surface area contributed by atoms with Crippen molar-refractivity contribution < 1.29 is 30.3 Å². The Morgan fingerprint density at radius 3 is 2.14 bits per heavy atom. The number of rotatable bonds is 6. The number of aliphatic hydroxyl groups is 5. The van der Waals surface area contributed by atoms with Crippen molar-refractivity contribution in [2.24, 2.45) is 5.73 Å². The molecule has 0 aromatic carbocycles. The highest BCUT2D eigenvalue weighted by atomic mass is 16.4. The summed E-state index contributed by atoms with van der Waals surface area (Å²) in [4.78, 5) is 10.4. The predicted octanol–water partition coefficient (Wildman–Crippen LogP) is -4.05. The molecule has 7 N–H and O–H groups in total. The summed E-state index contributed by atoms with van der Waals surface area (Å²) >= 11 is 0. The second-order valence-electron chi connectivity index (χ2n) is 3.00. The molecule has 0 bridgehead atoms. The average molecular weight is 209 g/mol. The molecule has 0 spiro atoms. The molecular formula is C7H15NO6. The van der Waals surface area contributed by atoms with Gasteiger partial charge in [-0.2, -0.15) is 0 Å². The number of nitrogens with two attached hydrogens (primary N) is 1. The molecule has 0 aromatic heterocycles. The molecule has 0 aromatic rings. The van der Waals surface area contributed by atoms with E-state index in [9.17, 15) is 15.0 Å². The zero-order chi connectivity index (χ0) is 11.4. The number of carbonyl (C=O) groups is 1. The minimum Gasteiger partial charge on any atom is -0.394 e. The van der Waals surface area contributed by atoms with Gasteiger partial charge in [-0.1, -0.05) is 0 Å². The van der Waals surface area contributed by atoms with Gasteiger partial charge in [0.1, 0.15) is 18.3 Å². The van der Waals surface area contributed by atoms with Crippen molar-refractivity contribution in [3.05, 3.63) is 0 Å². The molecule has 7 nitrogen and oxygen atoms in total. The van der Waals surface area contributed by atoms with Crippen LogP contribution in [0.25, 0.3) is 0 Å². The summed E-state index contributed by atoms with van der Waals surface area (Å²) in [6.07, 6.45) is -5.47. The molecule has 0 amide bonds. The standard InChI is InChI=1S/C7H15NO6/c8-2-7(14,3-10)6(13)5(12)4(11)1-9/h3-6,9,11-14H,1-2,8H2/t4-,5-,6+,7-/m1/s1. The number of aliphatic hydroxyl groups excluding tert-OH is 4. The van der Waals surface area contributed by atoms with Crippen molar-refractivity contribution in [3.8, 4) is 0 Å². The Bertz CT molecular complexity index is 189. The van der Waals surface area contributed by atoms with E-state index in [1.807, 2.05) is 0 Å². The van der Waals surface area contributed by atoms with Crippen LogP contribution >= 0.6 is 0 Å². The third-order valence-corrected chi connectivity index (χ3v) is 1.95. The summed E-state index contributed by atoms with van der Waals surface area (Å²) in [7, 11) is 0. The highest BCUT2D eigenvalue weighted by molar-refractivity contribution is 5.63. The van der Waals surface area contributed by atoms with Gasteiger partial charge in [0.05, 0.1) is 6.61 Å². The summed E-state index contributed by atoms with van der Waals surface area (Å²) in [6.45, 7) is -1.41. The van der Waals surface area contributed by atoms with Crippen LogP contribution in [0.1, 0.15) is 0 Å². The molecule has 0 aliphatic carbocycles. The fourth-order valence-electron chi connectivity index (χ4n) is 0.853. The molecule has 7 heteroatoms. The van der Waals surface area contributed by atoms with Crippen LogP contribution in [-0.2, 0) is 4.79 Å². The molecule has 0 radical (unpaired) electrons. The number of hydrogen-bond acceptors (Lipinski definition) is 7. The third kappa shape index (κ3) is 2.71. The van der Waals surface area contributed by atoms with Crippen LogP contribution in [0.4, 0.5) is 0 Å². The van der Waals surface area contributed by atoms with Crippen LogP contribution in [0.3, 0.4) is 0 Å². The Labute approximate surface area is 80.4 Å². The minimum atomic E-state index is -2.32. The van der Waals surface area contributed by atoms with Crippen LogP contribution < -0.4 is 5.73 Å². The van der Waals surface area contributed by atoms with Crippen molar-refractivity contribution in [3.63, 3.8) is 0 Å². The maximum atomic E-state index is 10.4. The molecule has 0 aliphatic heterocycles. The van der Waals surface area contributed by atoms with Crippen molar-refractivity contribution >= 4 is 6.29 Å². The average Bonchev–Trinajstić information content (AvgIpc) is 2.24. The van der Waals surface area contributed by atoms with E-state index in [1.54, 1.807) is 0 Å². The normalized spacial score (nSPS) is 22.1. The van der Waals surface area contributed by atoms with E-state index in [0.717, 1.165) is 0 Å². The van der Waals surface area contributed by atoms with E-state index >= 15 is 0 Å². The van der Waals surface area contributed by atoms with Crippen molar-refractivity contribution in [1.82, 2.24) is 0 Å². The van der Waals surface area contributed by atoms with Gasteiger partial charge in [0.15, 0.2) is 11.9 Å². The van der Waals surface area contributed by atoms with Gasteiger partial charge in [-0.05, 0) is 0 Å². The van der Waals surface area contributed by atoms with E-state index in [4.69, 9.17) is 21.1 Å². The predicted molar refractivity (Wildman–Crippen MR) is 45.2 cm³/mol. The zero-order valence-corrected chi connectivity index (χ0v) is 7.45.